The standard InChI is InChI=1S/C27H25F2N3O4/c1-17-10-22-25(36-17)13-23(32(22)15-18-2-4-20(28)21(29)11-18)27(33)31-8-6-30(7-9-31)14-19-3-5-24-26(12-19)35-16-34-24/h2-5,10-13H,6-9,14-16H2,1H3. The molecule has 6 rings (SSSR count). The summed E-state index contributed by atoms with van der Waals surface area (Å²) in [5, 5.41) is 0. The van der Waals surface area contributed by atoms with Crippen LogP contribution in [0.15, 0.2) is 52.9 Å². The Morgan fingerprint density at radius 3 is 2.42 bits per heavy atom. The Bertz CT molecular complexity index is 1450. The molecule has 1 amide bonds. The van der Waals surface area contributed by atoms with Gasteiger partial charge in [0.25, 0.3) is 5.91 Å². The first-order chi connectivity index (χ1) is 17.4. The average Bonchev–Trinajstić information content (AvgIpc) is 3.56. The normalized spacial score (nSPS) is 15.7. The van der Waals surface area contributed by atoms with Gasteiger partial charge < -0.3 is 23.4 Å². The van der Waals surface area contributed by atoms with Gasteiger partial charge in [0, 0.05) is 51.4 Å². The number of carbonyl (C=O) groups excluding carboxylic acids is 1. The highest BCUT2D eigenvalue weighted by molar-refractivity contribution is 5.97. The van der Waals surface area contributed by atoms with Crippen molar-refractivity contribution in [1.29, 1.82) is 0 Å². The van der Waals surface area contributed by atoms with Gasteiger partial charge in [0.2, 0.25) is 6.79 Å². The van der Waals surface area contributed by atoms with E-state index >= 15 is 0 Å². The maximum Gasteiger partial charge on any atom is 0.270 e. The van der Waals surface area contributed by atoms with Crippen molar-refractivity contribution in [2.24, 2.45) is 0 Å². The van der Waals surface area contributed by atoms with E-state index in [0.717, 1.165) is 60.1 Å². The molecule has 0 saturated carbocycles. The van der Waals surface area contributed by atoms with Gasteiger partial charge in [-0.3, -0.25) is 9.69 Å². The molecule has 4 aromatic rings. The van der Waals surface area contributed by atoms with Gasteiger partial charge in [-0.15, -0.1) is 0 Å². The van der Waals surface area contributed by atoms with Gasteiger partial charge in [-0.2, -0.15) is 0 Å². The molecule has 0 unspecified atom stereocenters. The second-order valence-electron chi connectivity index (χ2n) is 9.23. The van der Waals surface area contributed by atoms with Crippen LogP contribution in [0.3, 0.4) is 0 Å². The molecule has 36 heavy (non-hydrogen) atoms. The number of nitrogens with zero attached hydrogens (tertiary/aromatic N) is 3. The lowest BCUT2D eigenvalue weighted by Crippen LogP contribution is -2.48. The lowest BCUT2D eigenvalue weighted by atomic mass is 10.1. The molecule has 2 aliphatic heterocycles. The van der Waals surface area contributed by atoms with Gasteiger partial charge >= 0.3 is 0 Å². The number of fused-ring (bicyclic) bond motifs is 2. The first-order valence-corrected chi connectivity index (χ1v) is 11.9. The smallest absolute Gasteiger partial charge is 0.270 e. The summed E-state index contributed by atoms with van der Waals surface area (Å²) in [6, 6.07) is 13.4. The second-order valence-corrected chi connectivity index (χ2v) is 9.23. The molecule has 4 heterocycles. The lowest BCUT2D eigenvalue weighted by molar-refractivity contribution is 0.0619. The molecule has 7 nitrogen and oxygen atoms in total. The van der Waals surface area contributed by atoms with Crippen LogP contribution in [-0.4, -0.2) is 53.2 Å². The Morgan fingerprint density at radius 1 is 0.861 bits per heavy atom. The first kappa shape index (κ1) is 22.6. The van der Waals surface area contributed by atoms with Gasteiger partial charge in [0.1, 0.15) is 11.5 Å². The molecular formula is C27H25F2N3O4. The quantitative estimate of drug-likeness (QED) is 0.408. The average molecular weight is 494 g/mol. The highest BCUT2D eigenvalue weighted by Gasteiger charge is 2.27. The summed E-state index contributed by atoms with van der Waals surface area (Å²) in [5.74, 6) is 0.333. The highest BCUT2D eigenvalue weighted by atomic mass is 19.2. The minimum atomic E-state index is -0.911. The minimum Gasteiger partial charge on any atom is -0.460 e. The summed E-state index contributed by atoms with van der Waals surface area (Å²) in [7, 11) is 0. The number of hydrogen-bond donors (Lipinski definition) is 0. The van der Waals surface area contributed by atoms with Crippen molar-refractivity contribution in [2.45, 2.75) is 20.0 Å². The number of aromatic nitrogens is 1. The molecule has 0 spiro atoms. The summed E-state index contributed by atoms with van der Waals surface area (Å²) in [5.41, 5.74) is 3.52. The van der Waals surface area contributed by atoms with Crippen LogP contribution in [0.5, 0.6) is 11.5 Å². The topological polar surface area (TPSA) is 60.1 Å². The van der Waals surface area contributed by atoms with E-state index in [1.54, 1.807) is 6.07 Å². The van der Waals surface area contributed by atoms with Crippen LogP contribution in [0.1, 0.15) is 27.4 Å². The fourth-order valence-electron chi connectivity index (χ4n) is 4.90. The van der Waals surface area contributed by atoms with Crippen LogP contribution in [0, 0.1) is 18.6 Å². The molecule has 186 valence electrons. The third kappa shape index (κ3) is 4.19. The third-order valence-corrected chi connectivity index (χ3v) is 6.76. The van der Waals surface area contributed by atoms with Crippen molar-refractivity contribution in [1.82, 2.24) is 14.4 Å². The zero-order chi connectivity index (χ0) is 24.8. The number of rotatable bonds is 5. The number of carbonyl (C=O) groups is 1. The molecular weight excluding hydrogens is 468 g/mol. The Morgan fingerprint density at radius 2 is 1.61 bits per heavy atom. The van der Waals surface area contributed by atoms with E-state index < -0.39 is 11.6 Å². The van der Waals surface area contributed by atoms with Crippen molar-refractivity contribution in [3.05, 3.63) is 82.7 Å². The van der Waals surface area contributed by atoms with E-state index in [9.17, 15) is 13.6 Å². The van der Waals surface area contributed by atoms with E-state index in [-0.39, 0.29) is 19.2 Å². The second kappa shape index (κ2) is 8.98. The molecule has 0 N–H and O–H groups in total. The molecule has 0 radical (unpaired) electrons. The molecule has 9 heteroatoms. The lowest BCUT2D eigenvalue weighted by Gasteiger charge is -2.35. The number of furan rings is 1. The molecule has 0 bridgehead atoms. The van der Waals surface area contributed by atoms with Gasteiger partial charge in [-0.05, 0) is 42.3 Å². The summed E-state index contributed by atoms with van der Waals surface area (Å²) in [6.07, 6.45) is 0. The predicted molar refractivity (Wildman–Crippen MR) is 128 cm³/mol. The molecule has 1 saturated heterocycles. The fourth-order valence-corrected chi connectivity index (χ4v) is 4.90. The Hall–Kier alpha value is -3.85. The van der Waals surface area contributed by atoms with Crippen molar-refractivity contribution in [3.63, 3.8) is 0 Å². The van der Waals surface area contributed by atoms with E-state index in [1.807, 2.05) is 40.7 Å². The Kier molecular flexibility index (Phi) is 5.64. The van der Waals surface area contributed by atoms with Gasteiger partial charge in [0.05, 0.1) is 5.52 Å². The summed E-state index contributed by atoms with van der Waals surface area (Å²) in [6.45, 7) is 5.71. The Balaban J connectivity index is 1.18. The van der Waals surface area contributed by atoms with Crippen molar-refractivity contribution in [2.75, 3.05) is 33.0 Å². The Labute approximate surface area is 206 Å². The van der Waals surface area contributed by atoms with Crippen LogP contribution >= 0.6 is 0 Å². The van der Waals surface area contributed by atoms with Crippen LogP contribution in [0.2, 0.25) is 0 Å². The maximum absolute atomic E-state index is 13.8. The van der Waals surface area contributed by atoms with E-state index in [4.69, 9.17) is 13.9 Å². The molecule has 1 fully saturated rings. The number of aryl methyl sites for hydroxylation is 1. The number of amides is 1. The van der Waals surface area contributed by atoms with E-state index in [2.05, 4.69) is 4.90 Å². The largest absolute Gasteiger partial charge is 0.460 e. The highest BCUT2D eigenvalue weighted by Crippen LogP contribution is 2.33. The van der Waals surface area contributed by atoms with Crippen LogP contribution < -0.4 is 9.47 Å². The molecule has 2 aliphatic rings. The first-order valence-electron chi connectivity index (χ1n) is 11.9. The number of piperazine rings is 1. The van der Waals surface area contributed by atoms with Gasteiger partial charge in [0.15, 0.2) is 28.7 Å². The molecule has 0 atom stereocenters. The summed E-state index contributed by atoms with van der Waals surface area (Å²) < 4.78 is 45.7. The minimum absolute atomic E-state index is 0.107. The number of ether oxygens (including phenoxy) is 2. The molecule has 0 aliphatic carbocycles. The number of benzene rings is 2. The fraction of sp³-hybridized carbons (Fsp3) is 0.296. The van der Waals surface area contributed by atoms with E-state index in [0.29, 0.717) is 29.9 Å². The number of hydrogen-bond acceptors (Lipinski definition) is 5. The van der Waals surface area contributed by atoms with Crippen molar-refractivity contribution in [3.8, 4) is 11.5 Å². The third-order valence-electron chi connectivity index (χ3n) is 6.76. The maximum atomic E-state index is 13.8. The van der Waals surface area contributed by atoms with Gasteiger partial charge in [-0.25, -0.2) is 8.78 Å². The van der Waals surface area contributed by atoms with Crippen LogP contribution in [0.4, 0.5) is 8.78 Å². The summed E-state index contributed by atoms with van der Waals surface area (Å²) in [4.78, 5) is 17.7. The molecule has 2 aromatic carbocycles. The van der Waals surface area contributed by atoms with Crippen LogP contribution in [-0.2, 0) is 13.1 Å². The van der Waals surface area contributed by atoms with Crippen molar-refractivity contribution >= 4 is 17.0 Å². The van der Waals surface area contributed by atoms with Crippen LogP contribution in [0.25, 0.3) is 11.1 Å². The van der Waals surface area contributed by atoms with Gasteiger partial charge in [-0.1, -0.05) is 12.1 Å². The number of halogens is 2. The monoisotopic (exact) mass is 493 g/mol. The SMILES string of the molecule is Cc1cc2c(cc(C(=O)N3CCN(Cc4ccc5c(c4)OCO5)CC3)n2Cc2ccc(F)c(F)c2)o1. The zero-order valence-electron chi connectivity index (χ0n) is 19.8. The predicted octanol–water partition coefficient (Wildman–Crippen LogP) is 4.56. The van der Waals surface area contributed by atoms with Crippen molar-refractivity contribution < 1.29 is 27.5 Å². The zero-order valence-corrected chi connectivity index (χ0v) is 19.8. The summed E-state index contributed by atoms with van der Waals surface area (Å²) >= 11 is 0. The molecule has 2 aromatic heterocycles. The van der Waals surface area contributed by atoms with E-state index in [1.165, 1.54) is 6.07 Å².